The molecule has 3 aromatic rings. The van der Waals surface area contributed by atoms with Gasteiger partial charge in [-0.2, -0.15) is 0 Å². The Hall–Kier alpha value is -2.13. The van der Waals surface area contributed by atoms with E-state index in [4.69, 9.17) is 11.6 Å². The third-order valence-electron chi connectivity index (χ3n) is 5.08. The van der Waals surface area contributed by atoms with E-state index in [2.05, 4.69) is 40.4 Å². The number of rotatable bonds is 3. The average Bonchev–Trinajstić information content (AvgIpc) is 2.62. The number of fused-ring (bicyclic) bond motifs is 1. The van der Waals surface area contributed by atoms with Crippen LogP contribution in [0.3, 0.4) is 0 Å². The molecule has 2 aromatic carbocycles. The molecule has 0 spiro atoms. The van der Waals surface area contributed by atoms with E-state index in [0.717, 1.165) is 32.7 Å². The van der Waals surface area contributed by atoms with E-state index in [1.165, 1.54) is 37.7 Å². The van der Waals surface area contributed by atoms with Crippen molar-refractivity contribution in [3.05, 3.63) is 53.4 Å². The highest BCUT2D eigenvalue weighted by atomic mass is 35.5. The van der Waals surface area contributed by atoms with Gasteiger partial charge in [0.25, 0.3) is 0 Å². The Balaban J connectivity index is 1.83. The summed E-state index contributed by atoms with van der Waals surface area (Å²) < 4.78 is 0. The zero-order chi connectivity index (χ0) is 17.2. The van der Waals surface area contributed by atoms with Crippen molar-refractivity contribution in [2.24, 2.45) is 0 Å². The first-order chi connectivity index (χ1) is 12.2. The van der Waals surface area contributed by atoms with Gasteiger partial charge in [-0.3, -0.25) is 0 Å². The minimum Gasteiger partial charge on any atom is -0.381 e. The number of nitrogens with zero attached hydrogens (tertiary/aromatic N) is 2. The third kappa shape index (κ3) is 3.34. The maximum absolute atomic E-state index is 6.51. The monoisotopic (exact) mass is 351 g/mol. The lowest BCUT2D eigenvalue weighted by atomic mass is 9.94. The van der Waals surface area contributed by atoms with Gasteiger partial charge >= 0.3 is 0 Å². The van der Waals surface area contributed by atoms with Gasteiger partial charge < -0.3 is 5.32 Å². The first-order valence-corrected chi connectivity index (χ1v) is 9.36. The van der Waals surface area contributed by atoms with Gasteiger partial charge in [-0.05, 0) is 49.1 Å². The average molecular weight is 352 g/mol. The van der Waals surface area contributed by atoms with Crippen LogP contribution < -0.4 is 5.32 Å². The highest BCUT2D eigenvalue weighted by Gasteiger charge is 2.16. The van der Waals surface area contributed by atoms with Crippen molar-refractivity contribution in [2.45, 2.75) is 45.1 Å². The van der Waals surface area contributed by atoms with Crippen molar-refractivity contribution in [2.75, 3.05) is 5.32 Å². The molecule has 1 N–H and O–H groups in total. The molecule has 0 atom stereocenters. The van der Waals surface area contributed by atoms with E-state index >= 15 is 0 Å². The molecule has 128 valence electrons. The van der Waals surface area contributed by atoms with E-state index in [9.17, 15) is 0 Å². The molecule has 0 aliphatic heterocycles. The molecule has 1 aliphatic carbocycles. The van der Waals surface area contributed by atoms with Gasteiger partial charge in [0.15, 0.2) is 0 Å². The number of halogens is 1. The number of hydrogen-bond donors (Lipinski definition) is 1. The van der Waals surface area contributed by atoms with Gasteiger partial charge in [0.2, 0.25) is 0 Å². The van der Waals surface area contributed by atoms with Crippen LogP contribution >= 0.6 is 11.6 Å². The van der Waals surface area contributed by atoms with E-state index in [-0.39, 0.29) is 0 Å². The van der Waals surface area contributed by atoms with Crippen molar-refractivity contribution >= 4 is 28.2 Å². The SMILES string of the molecule is Cc1cccc(Cl)c1-c1cc(NC2CCCCC2)c2ncncc2c1. The Morgan fingerprint density at radius 3 is 2.76 bits per heavy atom. The summed E-state index contributed by atoms with van der Waals surface area (Å²) in [7, 11) is 0. The summed E-state index contributed by atoms with van der Waals surface area (Å²) in [6.07, 6.45) is 9.89. The van der Waals surface area contributed by atoms with Crippen LogP contribution in [0.25, 0.3) is 22.0 Å². The van der Waals surface area contributed by atoms with Gasteiger partial charge in [0, 0.05) is 28.2 Å². The zero-order valence-electron chi connectivity index (χ0n) is 14.4. The van der Waals surface area contributed by atoms with Gasteiger partial charge in [-0.25, -0.2) is 9.97 Å². The van der Waals surface area contributed by atoms with Crippen LogP contribution in [0.4, 0.5) is 5.69 Å². The Labute approximate surface area is 153 Å². The summed E-state index contributed by atoms with van der Waals surface area (Å²) in [4.78, 5) is 8.73. The third-order valence-corrected chi connectivity index (χ3v) is 5.40. The van der Waals surface area contributed by atoms with E-state index in [0.29, 0.717) is 6.04 Å². The van der Waals surface area contributed by atoms with Crippen LogP contribution in [0.2, 0.25) is 5.02 Å². The molecule has 1 aliphatic rings. The molecule has 1 aromatic heterocycles. The van der Waals surface area contributed by atoms with E-state index in [1.54, 1.807) is 6.33 Å². The van der Waals surface area contributed by atoms with Crippen LogP contribution in [0.5, 0.6) is 0 Å². The van der Waals surface area contributed by atoms with Gasteiger partial charge in [0.05, 0.1) is 11.2 Å². The number of aryl methyl sites for hydroxylation is 1. The molecular weight excluding hydrogens is 330 g/mol. The molecule has 0 bridgehead atoms. The summed E-state index contributed by atoms with van der Waals surface area (Å²) in [5.41, 5.74) is 5.44. The van der Waals surface area contributed by atoms with Crippen molar-refractivity contribution in [3.8, 4) is 11.1 Å². The molecule has 4 rings (SSSR count). The number of benzene rings is 2. The van der Waals surface area contributed by atoms with E-state index in [1.807, 2.05) is 18.3 Å². The molecule has 0 radical (unpaired) electrons. The first kappa shape index (κ1) is 16.3. The topological polar surface area (TPSA) is 37.8 Å². The minimum atomic E-state index is 0.523. The second-order valence-electron chi connectivity index (χ2n) is 6.90. The summed E-state index contributed by atoms with van der Waals surface area (Å²) in [6, 6.07) is 10.9. The molecule has 1 heterocycles. The second-order valence-corrected chi connectivity index (χ2v) is 7.30. The molecule has 1 saturated carbocycles. The predicted molar refractivity (Wildman–Crippen MR) is 105 cm³/mol. The molecule has 1 fully saturated rings. The lowest BCUT2D eigenvalue weighted by Crippen LogP contribution is -2.22. The molecule has 0 amide bonds. The van der Waals surface area contributed by atoms with Gasteiger partial charge in [-0.15, -0.1) is 0 Å². The van der Waals surface area contributed by atoms with Gasteiger partial charge in [0.1, 0.15) is 6.33 Å². The summed E-state index contributed by atoms with van der Waals surface area (Å²) >= 11 is 6.51. The smallest absolute Gasteiger partial charge is 0.116 e. The Kier molecular flexibility index (Phi) is 4.58. The fourth-order valence-corrected chi connectivity index (χ4v) is 4.15. The van der Waals surface area contributed by atoms with E-state index < -0.39 is 0 Å². The van der Waals surface area contributed by atoms with Crippen LogP contribution in [-0.2, 0) is 0 Å². The summed E-state index contributed by atoms with van der Waals surface area (Å²) in [5.74, 6) is 0. The highest BCUT2D eigenvalue weighted by molar-refractivity contribution is 6.33. The van der Waals surface area contributed by atoms with Crippen LogP contribution in [0, 0.1) is 6.92 Å². The van der Waals surface area contributed by atoms with Crippen LogP contribution in [0.15, 0.2) is 42.9 Å². The number of anilines is 1. The lowest BCUT2D eigenvalue weighted by Gasteiger charge is -2.25. The Bertz CT molecular complexity index is 881. The van der Waals surface area contributed by atoms with Crippen LogP contribution in [0.1, 0.15) is 37.7 Å². The highest BCUT2D eigenvalue weighted by Crippen LogP contribution is 2.36. The van der Waals surface area contributed by atoms with Crippen molar-refractivity contribution in [3.63, 3.8) is 0 Å². The van der Waals surface area contributed by atoms with Crippen molar-refractivity contribution in [1.29, 1.82) is 0 Å². The molecule has 25 heavy (non-hydrogen) atoms. The molecule has 0 unspecified atom stereocenters. The maximum atomic E-state index is 6.51. The summed E-state index contributed by atoms with van der Waals surface area (Å²) in [6.45, 7) is 2.10. The second kappa shape index (κ2) is 7.01. The molecular formula is C21H22ClN3. The Morgan fingerprint density at radius 2 is 1.96 bits per heavy atom. The molecule has 4 heteroatoms. The summed E-state index contributed by atoms with van der Waals surface area (Å²) in [5, 5.41) is 5.56. The van der Waals surface area contributed by atoms with Crippen LogP contribution in [-0.4, -0.2) is 16.0 Å². The predicted octanol–water partition coefficient (Wildman–Crippen LogP) is 6.00. The molecule has 0 saturated heterocycles. The number of hydrogen-bond acceptors (Lipinski definition) is 3. The zero-order valence-corrected chi connectivity index (χ0v) is 15.2. The minimum absolute atomic E-state index is 0.523. The fourth-order valence-electron chi connectivity index (χ4n) is 3.82. The lowest BCUT2D eigenvalue weighted by molar-refractivity contribution is 0.463. The quantitative estimate of drug-likeness (QED) is 0.628. The normalized spacial score (nSPS) is 15.4. The number of nitrogens with one attached hydrogen (secondary N) is 1. The first-order valence-electron chi connectivity index (χ1n) is 8.98. The molecule has 3 nitrogen and oxygen atoms in total. The van der Waals surface area contributed by atoms with Crippen molar-refractivity contribution in [1.82, 2.24) is 9.97 Å². The standard InChI is InChI=1S/C21H22ClN3/c1-14-6-5-9-18(22)20(14)15-10-16-12-23-13-24-21(16)19(11-15)25-17-7-3-2-4-8-17/h5-6,9-13,17,25H,2-4,7-8H2,1H3. The largest absolute Gasteiger partial charge is 0.381 e. The van der Waals surface area contributed by atoms with Gasteiger partial charge in [-0.1, -0.05) is 43.0 Å². The Morgan fingerprint density at radius 1 is 1.12 bits per heavy atom. The number of aromatic nitrogens is 2. The fraction of sp³-hybridized carbons (Fsp3) is 0.333. The van der Waals surface area contributed by atoms with Crippen molar-refractivity contribution < 1.29 is 0 Å². The maximum Gasteiger partial charge on any atom is 0.116 e.